The number of nitrogens with zero attached hydrogens (tertiary/aromatic N) is 2. The number of rotatable bonds is 5. The first-order valence-electron chi connectivity index (χ1n) is 7.48. The van der Waals surface area contributed by atoms with Crippen LogP contribution in [-0.4, -0.2) is 15.9 Å². The van der Waals surface area contributed by atoms with Crippen molar-refractivity contribution >= 4 is 29.0 Å². The monoisotopic (exact) mass is 356 g/mol. The van der Waals surface area contributed by atoms with Gasteiger partial charge in [-0.1, -0.05) is 29.8 Å². The van der Waals surface area contributed by atoms with Crippen LogP contribution in [0, 0.1) is 5.82 Å². The van der Waals surface area contributed by atoms with Gasteiger partial charge in [-0.2, -0.15) is 0 Å². The molecule has 0 aliphatic carbocycles. The van der Waals surface area contributed by atoms with Crippen LogP contribution in [-0.2, 0) is 6.54 Å². The maximum atomic E-state index is 12.9. The van der Waals surface area contributed by atoms with E-state index >= 15 is 0 Å². The van der Waals surface area contributed by atoms with Crippen LogP contribution in [0.2, 0.25) is 5.02 Å². The molecule has 2 aromatic carbocycles. The zero-order chi connectivity index (χ0) is 17.6. The second-order valence-electron chi connectivity index (χ2n) is 5.19. The Balaban J connectivity index is 1.60. The standard InChI is InChI=1S/C18H14ClFN4O/c19-15-4-2-1-3-12(15)9-23-18(25)16-10-22-17(11-21-16)24-14-7-5-13(20)6-8-14/h1-8,10-11H,9H2,(H,22,24)(H,23,25). The quantitative estimate of drug-likeness (QED) is 0.726. The average molecular weight is 357 g/mol. The molecule has 0 saturated carbocycles. The summed E-state index contributed by atoms with van der Waals surface area (Å²) in [6, 6.07) is 13.1. The van der Waals surface area contributed by atoms with E-state index in [0.717, 1.165) is 5.56 Å². The summed E-state index contributed by atoms with van der Waals surface area (Å²) in [7, 11) is 0. The SMILES string of the molecule is O=C(NCc1ccccc1Cl)c1cnc(Nc2ccc(F)cc2)cn1. The number of halogens is 2. The van der Waals surface area contributed by atoms with E-state index in [-0.39, 0.29) is 17.4 Å². The van der Waals surface area contributed by atoms with Crippen molar-refractivity contribution < 1.29 is 9.18 Å². The predicted octanol–water partition coefficient (Wildman–Crippen LogP) is 3.94. The molecule has 25 heavy (non-hydrogen) atoms. The Morgan fingerprint density at radius 1 is 1.04 bits per heavy atom. The number of anilines is 2. The van der Waals surface area contributed by atoms with Crippen LogP contribution in [0.1, 0.15) is 16.1 Å². The zero-order valence-electron chi connectivity index (χ0n) is 13.0. The van der Waals surface area contributed by atoms with Gasteiger partial charge in [0.2, 0.25) is 0 Å². The Morgan fingerprint density at radius 3 is 2.48 bits per heavy atom. The van der Waals surface area contributed by atoms with Crippen molar-refractivity contribution in [2.45, 2.75) is 6.54 Å². The van der Waals surface area contributed by atoms with Gasteiger partial charge in [0, 0.05) is 17.3 Å². The third kappa shape index (κ3) is 4.51. The molecule has 0 atom stereocenters. The summed E-state index contributed by atoms with van der Waals surface area (Å²) in [5.74, 6) is -0.211. The summed E-state index contributed by atoms with van der Waals surface area (Å²) >= 11 is 6.05. The minimum atomic E-state index is -0.347. The van der Waals surface area contributed by atoms with Crippen molar-refractivity contribution in [2.24, 2.45) is 0 Å². The largest absolute Gasteiger partial charge is 0.347 e. The van der Waals surface area contributed by atoms with E-state index in [1.54, 1.807) is 18.2 Å². The van der Waals surface area contributed by atoms with Gasteiger partial charge >= 0.3 is 0 Å². The normalized spacial score (nSPS) is 10.3. The van der Waals surface area contributed by atoms with Crippen molar-refractivity contribution in [1.29, 1.82) is 0 Å². The molecular formula is C18H14ClFN4O. The number of amides is 1. The van der Waals surface area contributed by atoms with Crippen LogP contribution in [0.3, 0.4) is 0 Å². The Morgan fingerprint density at radius 2 is 1.80 bits per heavy atom. The molecule has 3 rings (SSSR count). The first kappa shape index (κ1) is 16.9. The first-order valence-corrected chi connectivity index (χ1v) is 7.86. The minimum absolute atomic E-state index is 0.191. The molecule has 0 fully saturated rings. The Labute approximate surface area is 148 Å². The van der Waals surface area contributed by atoms with Crippen molar-refractivity contribution in [3.8, 4) is 0 Å². The van der Waals surface area contributed by atoms with E-state index in [0.29, 0.717) is 23.1 Å². The number of carbonyl (C=O) groups is 1. The Kier molecular flexibility index (Phi) is 5.20. The molecule has 0 saturated heterocycles. The van der Waals surface area contributed by atoms with Gasteiger partial charge < -0.3 is 10.6 Å². The Bertz CT molecular complexity index is 869. The molecule has 5 nitrogen and oxygen atoms in total. The van der Waals surface area contributed by atoms with Crippen LogP contribution >= 0.6 is 11.6 Å². The number of hydrogen-bond acceptors (Lipinski definition) is 4. The number of hydrogen-bond donors (Lipinski definition) is 2. The minimum Gasteiger partial charge on any atom is -0.347 e. The second kappa shape index (κ2) is 7.72. The van der Waals surface area contributed by atoms with Gasteiger partial charge in [-0.15, -0.1) is 0 Å². The number of nitrogens with one attached hydrogen (secondary N) is 2. The van der Waals surface area contributed by atoms with E-state index in [2.05, 4.69) is 20.6 Å². The lowest BCUT2D eigenvalue weighted by Crippen LogP contribution is -2.24. The van der Waals surface area contributed by atoms with Gasteiger partial charge in [-0.3, -0.25) is 4.79 Å². The molecule has 7 heteroatoms. The van der Waals surface area contributed by atoms with Gasteiger partial charge in [0.25, 0.3) is 5.91 Å². The highest BCUT2D eigenvalue weighted by atomic mass is 35.5. The van der Waals surface area contributed by atoms with E-state index < -0.39 is 0 Å². The third-order valence-electron chi connectivity index (χ3n) is 3.40. The first-order chi connectivity index (χ1) is 12.1. The zero-order valence-corrected chi connectivity index (χ0v) is 13.8. The van der Waals surface area contributed by atoms with Crippen LogP contribution in [0.5, 0.6) is 0 Å². The summed E-state index contributed by atoms with van der Waals surface area (Å²) < 4.78 is 12.9. The van der Waals surface area contributed by atoms with Crippen molar-refractivity contribution in [3.05, 3.63) is 83.0 Å². The summed E-state index contributed by atoms with van der Waals surface area (Å²) in [6.07, 6.45) is 2.81. The fourth-order valence-electron chi connectivity index (χ4n) is 2.10. The lowest BCUT2D eigenvalue weighted by molar-refractivity contribution is 0.0945. The van der Waals surface area contributed by atoms with Gasteiger partial charge in [0.1, 0.15) is 17.3 Å². The van der Waals surface area contributed by atoms with Crippen LogP contribution in [0.15, 0.2) is 60.9 Å². The fraction of sp³-hybridized carbons (Fsp3) is 0.0556. The molecule has 0 unspecified atom stereocenters. The highest BCUT2D eigenvalue weighted by molar-refractivity contribution is 6.31. The number of carbonyl (C=O) groups excluding carboxylic acids is 1. The molecule has 2 N–H and O–H groups in total. The smallest absolute Gasteiger partial charge is 0.271 e. The summed E-state index contributed by atoms with van der Waals surface area (Å²) in [6.45, 7) is 0.301. The van der Waals surface area contributed by atoms with E-state index in [4.69, 9.17) is 11.6 Å². The summed E-state index contributed by atoms with van der Waals surface area (Å²) in [5, 5.41) is 6.31. The van der Waals surface area contributed by atoms with Crippen molar-refractivity contribution in [3.63, 3.8) is 0 Å². The predicted molar refractivity (Wildman–Crippen MR) is 94.3 cm³/mol. The molecule has 0 spiro atoms. The lowest BCUT2D eigenvalue weighted by atomic mass is 10.2. The van der Waals surface area contributed by atoms with Crippen LogP contribution < -0.4 is 10.6 Å². The maximum absolute atomic E-state index is 12.9. The highest BCUT2D eigenvalue weighted by Gasteiger charge is 2.09. The lowest BCUT2D eigenvalue weighted by Gasteiger charge is -2.08. The fourth-order valence-corrected chi connectivity index (χ4v) is 2.30. The van der Waals surface area contributed by atoms with Gasteiger partial charge in [0.05, 0.1) is 12.4 Å². The summed E-state index contributed by atoms with van der Waals surface area (Å²) in [4.78, 5) is 20.3. The average Bonchev–Trinajstić information content (AvgIpc) is 2.63. The van der Waals surface area contributed by atoms with Gasteiger partial charge in [0.15, 0.2) is 0 Å². The van der Waals surface area contributed by atoms with E-state index in [9.17, 15) is 9.18 Å². The summed E-state index contributed by atoms with van der Waals surface area (Å²) in [5.41, 5.74) is 1.68. The van der Waals surface area contributed by atoms with Crippen LogP contribution in [0.25, 0.3) is 0 Å². The van der Waals surface area contributed by atoms with Crippen LogP contribution in [0.4, 0.5) is 15.9 Å². The topological polar surface area (TPSA) is 66.9 Å². The molecule has 0 radical (unpaired) electrons. The van der Waals surface area contributed by atoms with Gasteiger partial charge in [-0.25, -0.2) is 14.4 Å². The molecule has 1 heterocycles. The molecule has 126 valence electrons. The second-order valence-corrected chi connectivity index (χ2v) is 5.60. The molecule has 3 aromatic rings. The number of aromatic nitrogens is 2. The van der Waals surface area contributed by atoms with Crippen molar-refractivity contribution in [1.82, 2.24) is 15.3 Å². The molecule has 1 amide bonds. The maximum Gasteiger partial charge on any atom is 0.271 e. The van der Waals surface area contributed by atoms with Gasteiger partial charge in [-0.05, 0) is 35.9 Å². The molecule has 0 aliphatic rings. The third-order valence-corrected chi connectivity index (χ3v) is 3.77. The molecule has 0 bridgehead atoms. The Hall–Kier alpha value is -2.99. The van der Waals surface area contributed by atoms with Crippen molar-refractivity contribution in [2.75, 3.05) is 5.32 Å². The van der Waals surface area contributed by atoms with E-state index in [1.165, 1.54) is 24.5 Å². The molecule has 1 aromatic heterocycles. The molecular weight excluding hydrogens is 343 g/mol. The molecule has 0 aliphatic heterocycles. The number of benzene rings is 2. The van der Waals surface area contributed by atoms with E-state index in [1.807, 2.05) is 18.2 Å². The highest BCUT2D eigenvalue weighted by Crippen LogP contribution is 2.15.